The lowest BCUT2D eigenvalue weighted by atomic mass is 10.2. The zero-order chi connectivity index (χ0) is 23.1. The van der Waals surface area contributed by atoms with Gasteiger partial charge in [-0.3, -0.25) is 9.59 Å². The highest BCUT2D eigenvalue weighted by Gasteiger charge is 2.14. The molecular formula is C23H17BrClN3O4. The molecule has 7 nitrogen and oxygen atoms in total. The average molecular weight is 515 g/mol. The summed E-state index contributed by atoms with van der Waals surface area (Å²) < 4.78 is 6.20. The molecule has 32 heavy (non-hydrogen) atoms. The molecule has 0 spiro atoms. The number of amides is 2. The molecule has 0 unspecified atom stereocenters. The maximum Gasteiger partial charge on any atom is 0.343 e. The number of nitrogens with zero attached hydrogens (tertiary/aromatic N) is 1. The van der Waals surface area contributed by atoms with Gasteiger partial charge in [0.1, 0.15) is 5.75 Å². The molecule has 0 atom stereocenters. The summed E-state index contributed by atoms with van der Waals surface area (Å²) in [5, 5.41) is 6.73. The maximum absolute atomic E-state index is 12.2. The molecule has 3 aromatic rings. The van der Waals surface area contributed by atoms with E-state index in [4.69, 9.17) is 16.3 Å². The van der Waals surface area contributed by atoms with E-state index in [9.17, 15) is 14.4 Å². The van der Waals surface area contributed by atoms with Crippen molar-refractivity contribution in [1.82, 2.24) is 5.43 Å². The first-order chi connectivity index (χ1) is 15.3. The number of anilines is 1. The van der Waals surface area contributed by atoms with Crippen molar-refractivity contribution in [2.45, 2.75) is 6.92 Å². The van der Waals surface area contributed by atoms with Gasteiger partial charge in [0, 0.05) is 15.2 Å². The normalized spacial score (nSPS) is 10.6. The highest BCUT2D eigenvalue weighted by atomic mass is 79.9. The summed E-state index contributed by atoms with van der Waals surface area (Å²) in [5.41, 5.74) is 4.34. The minimum Gasteiger partial charge on any atom is -0.423 e. The summed E-state index contributed by atoms with van der Waals surface area (Å²) in [6, 6.07) is 18.2. The fraction of sp³-hybridized carbons (Fsp3) is 0.0435. The summed E-state index contributed by atoms with van der Waals surface area (Å²) in [7, 11) is 0. The number of ether oxygens (including phenoxy) is 1. The number of carbonyl (C=O) groups excluding carboxylic acids is 3. The Bertz CT molecular complexity index is 1210. The molecule has 9 heteroatoms. The second-order valence-electron chi connectivity index (χ2n) is 6.58. The Kier molecular flexibility index (Phi) is 7.75. The SMILES string of the molecule is Cc1cc(Br)ccc1NC(=O)C(=O)N/N=C/c1cccc(OC(=O)c2cccc(Cl)c2)c1. The first kappa shape index (κ1) is 23.2. The third-order valence-corrected chi connectivity index (χ3v) is 4.88. The van der Waals surface area contributed by atoms with Crippen LogP contribution in [0.1, 0.15) is 21.5 Å². The third kappa shape index (κ3) is 6.50. The van der Waals surface area contributed by atoms with Crippen LogP contribution in [0.25, 0.3) is 0 Å². The molecule has 3 rings (SSSR count). The van der Waals surface area contributed by atoms with Gasteiger partial charge in [-0.25, -0.2) is 10.2 Å². The van der Waals surface area contributed by atoms with Gasteiger partial charge in [0.15, 0.2) is 0 Å². The predicted molar refractivity (Wildman–Crippen MR) is 126 cm³/mol. The molecule has 0 aliphatic heterocycles. The van der Waals surface area contributed by atoms with Gasteiger partial charge in [0.25, 0.3) is 0 Å². The van der Waals surface area contributed by atoms with Crippen LogP contribution in [0.15, 0.2) is 76.3 Å². The quantitative estimate of drug-likeness (QED) is 0.169. The van der Waals surface area contributed by atoms with Crippen molar-refractivity contribution < 1.29 is 19.1 Å². The van der Waals surface area contributed by atoms with E-state index in [-0.39, 0.29) is 5.75 Å². The van der Waals surface area contributed by atoms with E-state index in [1.807, 2.05) is 13.0 Å². The van der Waals surface area contributed by atoms with Crippen molar-refractivity contribution in [2.24, 2.45) is 5.10 Å². The first-order valence-electron chi connectivity index (χ1n) is 9.30. The van der Waals surface area contributed by atoms with Gasteiger partial charge < -0.3 is 10.1 Å². The van der Waals surface area contributed by atoms with Crippen molar-refractivity contribution in [3.8, 4) is 5.75 Å². The maximum atomic E-state index is 12.2. The number of halogens is 2. The van der Waals surface area contributed by atoms with Crippen molar-refractivity contribution in [3.63, 3.8) is 0 Å². The highest BCUT2D eigenvalue weighted by Crippen LogP contribution is 2.20. The molecule has 0 saturated heterocycles. The van der Waals surface area contributed by atoms with E-state index in [0.29, 0.717) is 21.8 Å². The average Bonchev–Trinajstić information content (AvgIpc) is 2.76. The molecule has 0 aliphatic rings. The predicted octanol–water partition coefficient (Wildman–Crippen LogP) is 4.72. The summed E-state index contributed by atoms with van der Waals surface area (Å²) in [4.78, 5) is 36.3. The summed E-state index contributed by atoms with van der Waals surface area (Å²) in [5.74, 6) is -2.05. The Labute approximate surface area is 197 Å². The molecule has 3 aromatic carbocycles. The number of benzene rings is 3. The molecule has 0 aliphatic carbocycles. The highest BCUT2D eigenvalue weighted by molar-refractivity contribution is 9.10. The summed E-state index contributed by atoms with van der Waals surface area (Å²) >= 11 is 9.23. The monoisotopic (exact) mass is 513 g/mol. The molecule has 0 heterocycles. The minimum absolute atomic E-state index is 0.286. The Morgan fingerprint density at radius 2 is 1.78 bits per heavy atom. The molecule has 0 fully saturated rings. The largest absolute Gasteiger partial charge is 0.423 e. The number of aryl methyl sites for hydroxylation is 1. The van der Waals surface area contributed by atoms with Crippen LogP contribution in [0.2, 0.25) is 5.02 Å². The zero-order valence-electron chi connectivity index (χ0n) is 16.8. The Morgan fingerprint density at radius 3 is 2.53 bits per heavy atom. The van der Waals surface area contributed by atoms with E-state index in [2.05, 4.69) is 31.8 Å². The molecule has 2 N–H and O–H groups in total. The Morgan fingerprint density at radius 1 is 1.00 bits per heavy atom. The summed E-state index contributed by atoms with van der Waals surface area (Å²) in [6.07, 6.45) is 1.33. The van der Waals surface area contributed by atoms with Crippen LogP contribution >= 0.6 is 27.5 Å². The molecule has 2 amide bonds. The van der Waals surface area contributed by atoms with Crippen LogP contribution in [0.4, 0.5) is 5.69 Å². The van der Waals surface area contributed by atoms with E-state index in [1.165, 1.54) is 12.3 Å². The first-order valence-corrected chi connectivity index (χ1v) is 10.5. The second-order valence-corrected chi connectivity index (χ2v) is 7.94. The molecule has 0 radical (unpaired) electrons. The zero-order valence-corrected chi connectivity index (χ0v) is 19.1. The molecule has 0 bridgehead atoms. The van der Waals surface area contributed by atoms with Gasteiger partial charge >= 0.3 is 17.8 Å². The fourth-order valence-corrected chi connectivity index (χ4v) is 3.27. The molecule has 0 aromatic heterocycles. The lowest BCUT2D eigenvalue weighted by Gasteiger charge is -2.07. The van der Waals surface area contributed by atoms with Gasteiger partial charge in [-0.2, -0.15) is 5.10 Å². The lowest BCUT2D eigenvalue weighted by Crippen LogP contribution is -2.32. The van der Waals surface area contributed by atoms with E-state index in [1.54, 1.807) is 54.6 Å². The Balaban J connectivity index is 1.57. The topological polar surface area (TPSA) is 96.9 Å². The van der Waals surface area contributed by atoms with Crippen LogP contribution in [0.5, 0.6) is 5.75 Å². The van der Waals surface area contributed by atoms with Crippen molar-refractivity contribution >= 4 is 57.2 Å². The van der Waals surface area contributed by atoms with Crippen molar-refractivity contribution in [2.75, 3.05) is 5.32 Å². The number of carbonyl (C=O) groups is 3. The van der Waals surface area contributed by atoms with Crippen molar-refractivity contribution in [3.05, 3.63) is 92.9 Å². The number of esters is 1. The number of hydrogen-bond donors (Lipinski definition) is 2. The van der Waals surface area contributed by atoms with Gasteiger partial charge in [0.2, 0.25) is 0 Å². The smallest absolute Gasteiger partial charge is 0.343 e. The lowest BCUT2D eigenvalue weighted by molar-refractivity contribution is -0.136. The van der Waals surface area contributed by atoms with Gasteiger partial charge in [-0.1, -0.05) is 45.7 Å². The minimum atomic E-state index is -0.924. The van der Waals surface area contributed by atoms with Crippen LogP contribution in [0.3, 0.4) is 0 Å². The van der Waals surface area contributed by atoms with E-state index in [0.717, 1.165) is 10.0 Å². The standard InChI is InChI=1S/C23H17BrClN3O4/c1-14-10-17(24)8-9-20(14)27-21(29)22(30)28-26-13-15-4-2-7-19(11-15)32-23(31)16-5-3-6-18(25)12-16/h2-13H,1H3,(H,27,29)(H,28,30)/b26-13+. The number of nitrogens with one attached hydrogen (secondary N) is 2. The number of hydrazone groups is 1. The molecule has 162 valence electrons. The van der Waals surface area contributed by atoms with Gasteiger partial charge in [-0.05, 0) is 66.6 Å². The van der Waals surface area contributed by atoms with Gasteiger partial charge in [-0.15, -0.1) is 0 Å². The van der Waals surface area contributed by atoms with Crippen molar-refractivity contribution in [1.29, 1.82) is 0 Å². The van der Waals surface area contributed by atoms with E-state index < -0.39 is 17.8 Å². The van der Waals surface area contributed by atoms with Crippen LogP contribution in [-0.2, 0) is 9.59 Å². The van der Waals surface area contributed by atoms with Crippen LogP contribution in [0, 0.1) is 6.92 Å². The second kappa shape index (κ2) is 10.7. The van der Waals surface area contributed by atoms with E-state index >= 15 is 0 Å². The fourth-order valence-electron chi connectivity index (χ4n) is 2.60. The van der Waals surface area contributed by atoms with Crippen LogP contribution in [-0.4, -0.2) is 24.0 Å². The van der Waals surface area contributed by atoms with Crippen LogP contribution < -0.4 is 15.5 Å². The molecule has 0 saturated carbocycles. The number of hydrogen-bond acceptors (Lipinski definition) is 5. The third-order valence-electron chi connectivity index (χ3n) is 4.15. The number of rotatable bonds is 5. The molecular weight excluding hydrogens is 498 g/mol. The van der Waals surface area contributed by atoms with Gasteiger partial charge in [0.05, 0.1) is 11.8 Å². The Hall–Kier alpha value is -3.49. The summed E-state index contributed by atoms with van der Waals surface area (Å²) in [6.45, 7) is 1.81.